The number of hydrogen-bond acceptors (Lipinski definition) is 6. The molecule has 0 aromatic heterocycles. The average molecular weight is 384 g/mol. The van der Waals surface area contributed by atoms with E-state index in [4.69, 9.17) is 25.8 Å². The highest BCUT2D eigenvalue weighted by molar-refractivity contribution is 6.36. The number of hydrogen-bond donors (Lipinski definition) is 1. The summed E-state index contributed by atoms with van der Waals surface area (Å²) in [5.41, 5.74) is 0.746. The number of imide groups is 1. The average Bonchev–Trinajstić information content (AvgIpc) is 3.16. The van der Waals surface area contributed by atoms with E-state index in [9.17, 15) is 14.7 Å². The Labute approximate surface area is 156 Å². The first kappa shape index (κ1) is 19.1. The Morgan fingerprint density at radius 3 is 2.58 bits per heavy atom. The van der Waals surface area contributed by atoms with Crippen LogP contribution in [0.4, 0.5) is 4.79 Å². The zero-order valence-corrected chi connectivity index (χ0v) is 15.6. The van der Waals surface area contributed by atoms with Crippen molar-refractivity contribution in [1.82, 2.24) is 4.90 Å². The van der Waals surface area contributed by atoms with Gasteiger partial charge in [-0.2, -0.15) is 0 Å². The van der Waals surface area contributed by atoms with Crippen LogP contribution in [-0.4, -0.2) is 58.1 Å². The van der Waals surface area contributed by atoms with Crippen LogP contribution < -0.4 is 0 Å². The first-order valence-electron chi connectivity index (χ1n) is 8.37. The van der Waals surface area contributed by atoms with Gasteiger partial charge in [-0.25, -0.2) is 9.69 Å². The van der Waals surface area contributed by atoms with Crippen molar-refractivity contribution in [2.45, 2.75) is 49.7 Å². The maximum Gasteiger partial charge on any atom is 0.417 e. The van der Waals surface area contributed by atoms with Crippen LogP contribution in [0.5, 0.6) is 0 Å². The van der Waals surface area contributed by atoms with Crippen LogP contribution in [-0.2, 0) is 19.0 Å². The molecule has 0 bridgehead atoms. The highest BCUT2D eigenvalue weighted by Crippen LogP contribution is 2.36. The zero-order chi connectivity index (χ0) is 19.1. The number of nitrogens with zero attached hydrogens (tertiary/aromatic N) is 1. The summed E-state index contributed by atoms with van der Waals surface area (Å²) in [7, 11) is 0. The number of halogens is 1. The molecule has 1 aromatic carbocycles. The summed E-state index contributed by atoms with van der Waals surface area (Å²) in [5.74, 6) is -1.61. The van der Waals surface area contributed by atoms with E-state index in [1.807, 2.05) is 6.07 Å². The number of benzene rings is 1. The van der Waals surface area contributed by atoms with Gasteiger partial charge in [-0.3, -0.25) is 4.79 Å². The molecule has 1 aromatic rings. The third kappa shape index (κ3) is 3.44. The number of carbonyl (C=O) groups excluding carboxylic acids is 2. The molecule has 0 saturated carbocycles. The summed E-state index contributed by atoms with van der Waals surface area (Å²) in [6, 6.07) is 8.44. The normalized spacial score (nSPS) is 28.5. The van der Waals surface area contributed by atoms with E-state index in [2.05, 4.69) is 0 Å². The van der Waals surface area contributed by atoms with Gasteiger partial charge in [0, 0.05) is 0 Å². The lowest BCUT2D eigenvalue weighted by atomic mass is 9.96. The van der Waals surface area contributed by atoms with Crippen LogP contribution in [0.1, 0.15) is 32.4 Å². The van der Waals surface area contributed by atoms with E-state index in [1.165, 1.54) is 6.92 Å². The molecule has 2 saturated heterocycles. The molecule has 4 atom stereocenters. The second-order valence-electron chi connectivity index (χ2n) is 7.07. The van der Waals surface area contributed by atoms with Crippen molar-refractivity contribution in [3.63, 3.8) is 0 Å². The Morgan fingerprint density at radius 1 is 1.35 bits per heavy atom. The van der Waals surface area contributed by atoms with Gasteiger partial charge >= 0.3 is 6.09 Å². The lowest BCUT2D eigenvalue weighted by Crippen LogP contribution is -2.55. The standard InChI is InChI=1S/C18H22ClNO6/c1-17(2)25-10-13(26-17)14(21)18(3,19)15(22)20-12(9-24-16(20)23)11-7-5-4-6-8-11/h4-8,12-14,21H,9-10H2,1-3H3/t12-,13+,14+,18+/m0/s1. The highest BCUT2D eigenvalue weighted by atomic mass is 35.5. The molecule has 2 amide bonds. The Hall–Kier alpha value is -1.67. The quantitative estimate of drug-likeness (QED) is 0.802. The Balaban J connectivity index is 1.82. The molecule has 7 nitrogen and oxygen atoms in total. The maximum absolute atomic E-state index is 13.1. The van der Waals surface area contributed by atoms with Crippen LogP contribution in [0.15, 0.2) is 30.3 Å². The number of rotatable bonds is 4. The Kier molecular flexibility index (Phi) is 5.00. The van der Waals surface area contributed by atoms with Crippen LogP contribution >= 0.6 is 11.6 Å². The van der Waals surface area contributed by atoms with Gasteiger partial charge < -0.3 is 19.3 Å². The van der Waals surface area contributed by atoms with Gasteiger partial charge in [-0.1, -0.05) is 30.3 Å². The summed E-state index contributed by atoms with van der Waals surface area (Å²) in [4.78, 5) is 24.4. The Bertz CT molecular complexity index is 692. The smallest absolute Gasteiger partial charge is 0.417 e. The molecule has 0 spiro atoms. The van der Waals surface area contributed by atoms with Crippen LogP contribution in [0.25, 0.3) is 0 Å². The fourth-order valence-electron chi connectivity index (χ4n) is 3.15. The molecule has 2 aliphatic rings. The van der Waals surface area contributed by atoms with Gasteiger partial charge in [0.1, 0.15) is 29.7 Å². The number of carbonyl (C=O) groups is 2. The minimum Gasteiger partial charge on any atom is -0.446 e. The molecule has 142 valence electrons. The van der Waals surface area contributed by atoms with E-state index in [-0.39, 0.29) is 13.2 Å². The predicted molar refractivity (Wildman–Crippen MR) is 92.5 cm³/mol. The summed E-state index contributed by atoms with van der Waals surface area (Å²) in [6.07, 6.45) is -2.94. The van der Waals surface area contributed by atoms with E-state index >= 15 is 0 Å². The maximum atomic E-state index is 13.1. The number of amides is 2. The van der Waals surface area contributed by atoms with Crippen molar-refractivity contribution >= 4 is 23.6 Å². The first-order chi connectivity index (χ1) is 12.1. The van der Waals surface area contributed by atoms with Crippen molar-refractivity contribution in [2.75, 3.05) is 13.2 Å². The van der Waals surface area contributed by atoms with Crippen molar-refractivity contribution in [3.8, 4) is 0 Å². The summed E-state index contributed by atoms with van der Waals surface area (Å²) in [5, 5.41) is 10.6. The van der Waals surface area contributed by atoms with Crippen LogP contribution in [0.3, 0.4) is 0 Å². The summed E-state index contributed by atoms with van der Waals surface area (Å²) < 4.78 is 16.1. The third-order valence-corrected chi connectivity index (χ3v) is 5.02. The van der Waals surface area contributed by atoms with Gasteiger partial charge in [0.25, 0.3) is 5.91 Å². The van der Waals surface area contributed by atoms with Crippen LogP contribution in [0, 0.1) is 0 Å². The minimum atomic E-state index is -1.79. The van der Waals surface area contributed by atoms with Gasteiger partial charge in [0.2, 0.25) is 0 Å². The van der Waals surface area contributed by atoms with E-state index in [0.29, 0.717) is 0 Å². The van der Waals surface area contributed by atoms with E-state index in [1.54, 1.807) is 38.1 Å². The molecule has 2 aliphatic heterocycles. The van der Waals surface area contributed by atoms with Gasteiger partial charge in [0.15, 0.2) is 5.79 Å². The number of cyclic esters (lactones) is 1. The molecule has 1 N–H and O–H groups in total. The molecular weight excluding hydrogens is 362 g/mol. The molecule has 0 unspecified atom stereocenters. The molecule has 8 heteroatoms. The Morgan fingerprint density at radius 2 is 2.00 bits per heavy atom. The second kappa shape index (κ2) is 6.81. The molecule has 2 heterocycles. The molecule has 0 radical (unpaired) electrons. The third-order valence-electron chi connectivity index (χ3n) is 4.63. The predicted octanol–water partition coefficient (Wildman–Crippen LogP) is 2.22. The summed E-state index contributed by atoms with van der Waals surface area (Å²) in [6.45, 7) is 4.90. The SMILES string of the molecule is CC1(C)OC[C@H]([C@@H](O)[C@@](C)(Cl)C(=O)N2C(=O)OC[C@H]2c2ccccc2)O1. The number of aliphatic hydroxyl groups is 1. The minimum absolute atomic E-state index is 0.0354. The zero-order valence-electron chi connectivity index (χ0n) is 14.8. The second-order valence-corrected chi connectivity index (χ2v) is 7.85. The van der Waals surface area contributed by atoms with Gasteiger partial charge in [-0.15, -0.1) is 11.6 Å². The number of aliphatic hydroxyl groups excluding tert-OH is 1. The molecular formula is C18H22ClNO6. The number of alkyl halides is 1. The number of ether oxygens (including phenoxy) is 3. The lowest BCUT2D eigenvalue weighted by molar-refractivity contribution is -0.158. The van der Waals surface area contributed by atoms with Gasteiger partial charge in [-0.05, 0) is 26.3 Å². The van der Waals surface area contributed by atoms with E-state index < -0.39 is 40.9 Å². The first-order valence-corrected chi connectivity index (χ1v) is 8.75. The summed E-state index contributed by atoms with van der Waals surface area (Å²) >= 11 is 6.42. The molecule has 3 rings (SSSR count). The van der Waals surface area contributed by atoms with Crippen LogP contribution in [0.2, 0.25) is 0 Å². The monoisotopic (exact) mass is 383 g/mol. The van der Waals surface area contributed by atoms with Crippen molar-refractivity contribution in [2.24, 2.45) is 0 Å². The lowest BCUT2D eigenvalue weighted by Gasteiger charge is -2.34. The van der Waals surface area contributed by atoms with Crippen molar-refractivity contribution < 1.29 is 28.9 Å². The highest BCUT2D eigenvalue weighted by Gasteiger charge is 2.53. The van der Waals surface area contributed by atoms with E-state index in [0.717, 1.165) is 10.5 Å². The fourth-order valence-corrected chi connectivity index (χ4v) is 3.38. The van der Waals surface area contributed by atoms with Crippen molar-refractivity contribution in [1.29, 1.82) is 0 Å². The topological polar surface area (TPSA) is 85.3 Å². The largest absolute Gasteiger partial charge is 0.446 e. The van der Waals surface area contributed by atoms with Gasteiger partial charge in [0.05, 0.1) is 6.61 Å². The molecule has 26 heavy (non-hydrogen) atoms. The molecule has 0 aliphatic carbocycles. The fraction of sp³-hybridized carbons (Fsp3) is 0.556. The molecule has 2 fully saturated rings. The van der Waals surface area contributed by atoms with Crippen molar-refractivity contribution in [3.05, 3.63) is 35.9 Å².